The molecule has 0 aliphatic heterocycles. The molecule has 5 nitrogen and oxygen atoms in total. The quantitative estimate of drug-likeness (QED) is 0.512. The Morgan fingerprint density at radius 3 is 2.25 bits per heavy atom. The fourth-order valence-electron chi connectivity index (χ4n) is 1.52. The first-order valence-corrected chi connectivity index (χ1v) is 7.43. The monoisotopic (exact) mass is 289 g/mol. The highest BCUT2D eigenvalue weighted by Gasteiger charge is 2.11. The summed E-state index contributed by atoms with van der Waals surface area (Å²) in [7, 11) is -3.66. The van der Waals surface area contributed by atoms with Gasteiger partial charge in [-0.15, -0.1) is 0 Å². The number of hydrogen-bond acceptors (Lipinski definition) is 4. The number of rotatable bonds is 4. The van der Waals surface area contributed by atoms with Gasteiger partial charge in [0, 0.05) is 5.69 Å². The molecule has 0 atom stereocenters. The number of aryl methyl sites for hydroxylation is 1. The molecule has 104 valence electrons. The van der Waals surface area contributed by atoms with Crippen molar-refractivity contribution < 1.29 is 8.42 Å². The van der Waals surface area contributed by atoms with Crippen LogP contribution in [0.25, 0.3) is 0 Å². The van der Waals surface area contributed by atoms with E-state index >= 15 is 0 Å². The minimum Gasteiger partial charge on any atom is -0.399 e. The van der Waals surface area contributed by atoms with E-state index in [-0.39, 0.29) is 4.90 Å². The molecule has 20 heavy (non-hydrogen) atoms. The van der Waals surface area contributed by atoms with Crippen LogP contribution in [-0.2, 0) is 10.0 Å². The summed E-state index contributed by atoms with van der Waals surface area (Å²) in [6.07, 6.45) is 1.45. The van der Waals surface area contributed by atoms with Crippen LogP contribution in [0.1, 0.15) is 11.1 Å². The summed E-state index contributed by atoms with van der Waals surface area (Å²) < 4.78 is 23.8. The molecule has 0 radical (unpaired) electrons. The molecule has 0 saturated heterocycles. The molecule has 2 rings (SSSR count). The number of benzene rings is 2. The molecule has 0 spiro atoms. The van der Waals surface area contributed by atoms with Crippen molar-refractivity contribution >= 4 is 21.9 Å². The van der Waals surface area contributed by atoms with Crippen molar-refractivity contribution in [1.82, 2.24) is 4.83 Å². The Hall–Kier alpha value is -2.34. The van der Waals surface area contributed by atoms with Crippen LogP contribution < -0.4 is 10.6 Å². The standard InChI is InChI=1S/C14H15N3O2S/c1-11-2-4-12(5-3-11)10-16-17-20(18,19)14-8-6-13(15)7-9-14/h2-10,17H,15H2,1H3/b16-10+. The molecule has 0 saturated carbocycles. The number of sulfonamides is 1. The van der Waals surface area contributed by atoms with Crippen LogP contribution in [-0.4, -0.2) is 14.6 Å². The van der Waals surface area contributed by atoms with Gasteiger partial charge in [0.2, 0.25) is 0 Å². The Kier molecular flexibility index (Phi) is 4.05. The van der Waals surface area contributed by atoms with Crippen molar-refractivity contribution in [2.24, 2.45) is 5.10 Å². The lowest BCUT2D eigenvalue weighted by molar-refractivity contribution is 0.584. The van der Waals surface area contributed by atoms with E-state index in [1.54, 1.807) is 0 Å². The second-order valence-corrected chi connectivity index (χ2v) is 5.99. The van der Waals surface area contributed by atoms with Gasteiger partial charge in [0.25, 0.3) is 10.0 Å². The van der Waals surface area contributed by atoms with E-state index in [9.17, 15) is 8.42 Å². The van der Waals surface area contributed by atoms with Gasteiger partial charge in [0.15, 0.2) is 0 Å². The van der Waals surface area contributed by atoms with Crippen molar-refractivity contribution in [2.75, 3.05) is 5.73 Å². The summed E-state index contributed by atoms with van der Waals surface area (Å²) in [5.74, 6) is 0. The Morgan fingerprint density at radius 1 is 1.05 bits per heavy atom. The maximum absolute atomic E-state index is 11.9. The van der Waals surface area contributed by atoms with Crippen molar-refractivity contribution in [3.8, 4) is 0 Å². The lowest BCUT2D eigenvalue weighted by Gasteiger charge is -2.03. The highest BCUT2D eigenvalue weighted by Crippen LogP contribution is 2.11. The van der Waals surface area contributed by atoms with Crippen molar-refractivity contribution in [1.29, 1.82) is 0 Å². The van der Waals surface area contributed by atoms with E-state index < -0.39 is 10.0 Å². The molecular weight excluding hydrogens is 274 g/mol. The van der Waals surface area contributed by atoms with Crippen molar-refractivity contribution in [3.63, 3.8) is 0 Å². The summed E-state index contributed by atoms with van der Waals surface area (Å²) in [4.78, 5) is 2.28. The van der Waals surface area contributed by atoms with Crippen LogP contribution in [0.5, 0.6) is 0 Å². The largest absolute Gasteiger partial charge is 0.399 e. The lowest BCUT2D eigenvalue weighted by Crippen LogP contribution is -2.18. The summed E-state index contributed by atoms with van der Waals surface area (Å²) in [5, 5.41) is 3.75. The number of anilines is 1. The predicted molar refractivity (Wildman–Crippen MR) is 79.9 cm³/mol. The lowest BCUT2D eigenvalue weighted by atomic mass is 10.2. The topological polar surface area (TPSA) is 84.5 Å². The molecule has 2 aromatic carbocycles. The van der Waals surface area contributed by atoms with Gasteiger partial charge in [-0.25, -0.2) is 4.83 Å². The maximum atomic E-state index is 11.9. The number of nitrogens with one attached hydrogen (secondary N) is 1. The summed E-state index contributed by atoms with van der Waals surface area (Å²) in [6.45, 7) is 1.98. The Balaban J connectivity index is 2.09. The van der Waals surface area contributed by atoms with Crippen molar-refractivity contribution in [3.05, 3.63) is 59.7 Å². The highest BCUT2D eigenvalue weighted by molar-refractivity contribution is 7.89. The summed E-state index contributed by atoms with van der Waals surface area (Å²) >= 11 is 0. The van der Waals surface area contributed by atoms with E-state index in [0.29, 0.717) is 5.69 Å². The van der Waals surface area contributed by atoms with Gasteiger partial charge in [-0.3, -0.25) is 0 Å². The van der Waals surface area contributed by atoms with Gasteiger partial charge in [-0.1, -0.05) is 29.8 Å². The maximum Gasteiger partial charge on any atom is 0.276 e. The third-order valence-electron chi connectivity index (χ3n) is 2.65. The first-order valence-electron chi connectivity index (χ1n) is 5.94. The molecule has 0 heterocycles. The summed E-state index contributed by atoms with van der Waals surface area (Å²) in [5.41, 5.74) is 7.96. The van der Waals surface area contributed by atoms with E-state index in [0.717, 1.165) is 11.1 Å². The normalized spacial score (nSPS) is 11.7. The van der Waals surface area contributed by atoms with Crippen LogP contribution in [0, 0.1) is 6.92 Å². The fourth-order valence-corrected chi connectivity index (χ4v) is 2.31. The molecule has 0 fully saturated rings. The van der Waals surface area contributed by atoms with Crippen LogP contribution >= 0.6 is 0 Å². The molecule has 0 amide bonds. The minimum absolute atomic E-state index is 0.118. The second kappa shape index (κ2) is 5.75. The van der Waals surface area contributed by atoms with Gasteiger partial charge in [0.05, 0.1) is 11.1 Å². The van der Waals surface area contributed by atoms with Gasteiger partial charge in [-0.2, -0.15) is 13.5 Å². The number of nitrogens with two attached hydrogens (primary N) is 1. The van der Waals surface area contributed by atoms with Crippen LogP contribution in [0.15, 0.2) is 58.5 Å². The molecule has 3 N–H and O–H groups in total. The Labute approximate surface area is 118 Å². The second-order valence-electron chi connectivity index (χ2n) is 4.33. The molecule has 2 aromatic rings. The zero-order chi connectivity index (χ0) is 14.6. The van der Waals surface area contributed by atoms with Crippen LogP contribution in [0.3, 0.4) is 0 Å². The fraction of sp³-hybridized carbons (Fsp3) is 0.0714. The average Bonchev–Trinajstić information content (AvgIpc) is 2.41. The van der Waals surface area contributed by atoms with Gasteiger partial charge in [0.1, 0.15) is 0 Å². The SMILES string of the molecule is Cc1ccc(/C=N/NS(=O)(=O)c2ccc(N)cc2)cc1. The zero-order valence-corrected chi connectivity index (χ0v) is 11.8. The molecule has 0 aliphatic carbocycles. The Morgan fingerprint density at radius 2 is 1.65 bits per heavy atom. The van der Waals surface area contributed by atoms with E-state index in [4.69, 9.17) is 5.73 Å². The van der Waals surface area contributed by atoms with Gasteiger partial charge in [-0.05, 0) is 36.8 Å². The average molecular weight is 289 g/mol. The van der Waals surface area contributed by atoms with Crippen molar-refractivity contribution in [2.45, 2.75) is 11.8 Å². The third-order valence-corrected chi connectivity index (χ3v) is 3.89. The van der Waals surface area contributed by atoms with Gasteiger partial charge < -0.3 is 5.73 Å². The smallest absolute Gasteiger partial charge is 0.276 e. The van der Waals surface area contributed by atoms with E-state index in [2.05, 4.69) is 9.93 Å². The number of nitrogens with zero attached hydrogens (tertiary/aromatic N) is 1. The first kappa shape index (κ1) is 14.1. The number of nitrogen functional groups attached to an aromatic ring is 1. The van der Waals surface area contributed by atoms with E-state index in [1.807, 2.05) is 31.2 Å². The number of hydrogen-bond donors (Lipinski definition) is 2. The third kappa shape index (κ3) is 3.58. The molecule has 0 unspecified atom stereocenters. The predicted octanol–water partition coefficient (Wildman–Crippen LogP) is 1.89. The Bertz CT molecular complexity index is 705. The molecular formula is C14H15N3O2S. The molecule has 0 bridgehead atoms. The van der Waals surface area contributed by atoms with E-state index in [1.165, 1.54) is 30.5 Å². The molecule has 0 aliphatic rings. The zero-order valence-electron chi connectivity index (χ0n) is 10.9. The van der Waals surface area contributed by atoms with Crippen LogP contribution in [0.2, 0.25) is 0 Å². The van der Waals surface area contributed by atoms with Crippen LogP contribution in [0.4, 0.5) is 5.69 Å². The highest BCUT2D eigenvalue weighted by atomic mass is 32.2. The minimum atomic E-state index is -3.66. The first-order chi connectivity index (χ1) is 9.47. The molecule has 6 heteroatoms. The van der Waals surface area contributed by atoms with Gasteiger partial charge >= 0.3 is 0 Å². The number of hydrazone groups is 1. The molecule has 0 aromatic heterocycles. The summed E-state index contributed by atoms with van der Waals surface area (Å²) in [6, 6.07) is 13.5.